The van der Waals surface area contributed by atoms with E-state index in [0.29, 0.717) is 13.1 Å². The number of hydrogen-bond donors (Lipinski definition) is 0. The van der Waals surface area contributed by atoms with Crippen molar-refractivity contribution in [2.24, 2.45) is 0 Å². The fourth-order valence-corrected chi connectivity index (χ4v) is 2.30. The molecule has 1 atom stereocenters. The molecule has 1 heterocycles. The van der Waals surface area contributed by atoms with E-state index in [1.165, 1.54) is 12.1 Å². The molecule has 0 N–H and O–H groups in total. The van der Waals surface area contributed by atoms with Crippen LogP contribution in [0.15, 0.2) is 18.2 Å². The lowest BCUT2D eigenvalue weighted by Crippen LogP contribution is -2.43. The van der Waals surface area contributed by atoms with Gasteiger partial charge in [-0.1, -0.05) is 6.07 Å². The molecule has 1 aromatic carbocycles. The largest absolute Gasteiger partial charge is 0.380 e. The molecular formula is C14H17F2NO2. The van der Waals surface area contributed by atoms with E-state index in [0.717, 1.165) is 18.9 Å². The minimum absolute atomic E-state index is 0.0391. The van der Waals surface area contributed by atoms with Gasteiger partial charge in [0.15, 0.2) is 0 Å². The van der Waals surface area contributed by atoms with Crippen molar-refractivity contribution in [2.45, 2.75) is 25.4 Å². The highest BCUT2D eigenvalue weighted by Crippen LogP contribution is 2.16. The predicted octanol–water partition coefficient (Wildman–Crippen LogP) is 2.14. The van der Waals surface area contributed by atoms with Gasteiger partial charge in [0.05, 0.1) is 12.5 Å². The number of methoxy groups -OCH3 is 1. The normalized spacial score (nSPS) is 19.5. The lowest BCUT2D eigenvalue weighted by atomic mass is 10.1. The van der Waals surface area contributed by atoms with Crippen LogP contribution in [0, 0.1) is 11.6 Å². The molecule has 1 fully saturated rings. The van der Waals surface area contributed by atoms with E-state index in [9.17, 15) is 13.6 Å². The highest BCUT2D eigenvalue weighted by Gasteiger charge is 2.23. The zero-order valence-electron chi connectivity index (χ0n) is 10.9. The van der Waals surface area contributed by atoms with Gasteiger partial charge in [0.25, 0.3) is 0 Å². The summed E-state index contributed by atoms with van der Waals surface area (Å²) in [5, 5.41) is 0. The molecule has 1 saturated heterocycles. The first-order chi connectivity index (χ1) is 9.10. The molecule has 1 amide bonds. The maximum atomic E-state index is 13.5. The van der Waals surface area contributed by atoms with Gasteiger partial charge < -0.3 is 9.64 Å². The first kappa shape index (κ1) is 13.9. The Morgan fingerprint density at radius 3 is 2.95 bits per heavy atom. The predicted molar refractivity (Wildman–Crippen MR) is 66.7 cm³/mol. The van der Waals surface area contributed by atoms with Crippen LogP contribution in [0.1, 0.15) is 18.4 Å². The zero-order chi connectivity index (χ0) is 13.8. The van der Waals surface area contributed by atoms with Gasteiger partial charge in [0.2, 0.25) is 5.91 Å². The molecule has 5 heteroatoms. The number of hydrogen-bond acceptors (Lipinski definition) is 2. The molecule has 104 valence electrons. The van der Waals surface area contributed by atoms with Gasteiger partial charge in [-0.15, -0.1) is 0 Å². The third-order valence-electron chi connectivity index (χ3n) is 3.42. The van der Waals surface area contributed by atoms with Gasteiger partial charge in [0.1, 0.15) is 11.6 Å². The van der Waals surface area contributed by atoms with Crippen molar-refractivity contribution in [2.75, 3.05) is 20.2 Å². The third-order valence-corrected chi connectivity index (χ3v) is 3.42. The molecule has 0 aliphatic carbocycles. The molecule has 0 radical (unpaired) electrons. The molecule has 0 spiro atoms. The van der Waals surface area contributed by atoms with Crippen molar-refractivity contribution in [3.8, 4) is 0 Å². The maximum Gasteiger partial charge on any atom is 0.227 e. The van der Waals surface area contributed by atoms with Crippen molar-refractivity contribution < 1.29 is 18.3 Å². The Bertz CT molecular complexity index is 465. The summed E-state index contributed by atoms with van der Waals surface area (Å²) in [5.41, 5.74) is 0.228. The van der Waals surface area contributed by atoms with E-state index in [2.05, 4.69) is 0 Å². The number of halogens is 2. The quantitative estimate of drug-likeness (QED) is 0.841. The zero-order valence-corrected chi connectivity index (χ0v) is 10.9. The van der Waals surface area contributed by atoms with Crippen molar-refractivity contribution >= 4 is 5.91 Å². The number of rotatable bonds is 3. The number of amides is 1. The number of piperidine rings is 1. The van der Waals surface area contributed by atoms with Crippen LogP contribution < -0.4 is 0 Å². The van der Waals surface area contributed by atoms with Crippen LogP contribution in [0.4, 0.5) is 8.78 Å². The summed E-state index contributed by atoms with van der Waals surface area (Å²) in [6.45, 7) is 1.21. The maximum absolute atomic E-state index is 13.5. The second kappa shape index (κ2) is 6.10. The molecule has 1 aliphatic heterocycles. The summed E-state index contributed by atoms with van der Waals surface area (Å²) in [6.07, 6.45) is 1.83. The number of carbonyl (C=O) groups excluding carboxylic acids is 1. The van der Waals surface area contributed by atoms with E-state index >= 15 is 0 Å². The minimum Gasteiger partial charge on any atom is -0.380 e. The molecule has 1 aromatic rings. The molecule has 0 bridgehead atoms. The van der Waals surface area contributed by atoms with Crippen LogP contribution in [0.2, 0.25) is 0 Å². The lowest BCUT2D eigenvalue weighted by molar-refractivity contribution is -0.134. The second-order valence-corrected chi connectivity index (χ2v) is 4.75. The highest BCUT2D eigenvalue weighted by atomic mass is 19.1. The number of carbonyl (C=O) groups is 1. The Morgan fingerprint density at radius 2 is 2.26 bits per heavy atom. The van der Waals surface area contributed by atoms with Crippen LogP contribution in [0.3, 0.4) is 0 Å². The molecular weight excluding hydrogens is 252 g/mol. The van der Waals surface area contributed by atoms with Gasteiger partial charge in [-0.05, 0) is 24.5 Å². The Labute approximate surface area is 111 Å². The first-order valence-electron chi connectivity index (χ1n) is 6.34. The van der Waals surface area contributed by atoms with E-state index in [4.69, 9.17) is 4.74 Å². The Balaban J connectivity index is 2.00. The van der Waals surface area contributed by atoms with E-state index in [1.54, 1.807) is 12.0 Å². The average molecular weight is 269 g/mol. The Morgan fingerprint density at radius 1 is 1.47 bits per heavy atom. The second-order valence-electron chi connectivity index (χ2n) is 4.75. The summed E-state index contributed by atoms with van der Waals surface area (Å²) >= 11 is 0. The Kier molecular flexibility index (Phi) is 4.47. The SMILES string of the molecule is CO[C@@H]1CCCN(C(=O)Cc2ccc(F)cc2F)C1. The Hall–Kier alpha value is -1.49. The molecule has 19 heavy (non-hydrogen) atoms. The van der Waals surface area contributed by atoms with Crippen LogP contribution in [-0.4, -0.2) is 37.1 Å². The van der Waals surface area contributed by atoms with Crippen LogP contribution in [0.25, 0.3) is 0 Å². The van der Waals surface area contributed by atoms with Gasteiger partial charge in [0, 0.05) is 26.3 Å². The van der Waals surface area contributed by atoms with E-state index in [1.807, 2.05) is 0 Å². The third kappa shape index (κ3) is 3.50. The standard InChI is InChI=1S/C14H17F2NO2/c1-19-12-3-2-6-17(9-12)14(18)7-10-4-5-11(15)8-13(10)16/h4-5,8,12H,2-3,6-7,9H2,1H3/t12-/m1/s1. The molecule has 3 nitrogen and oxygen atoms in total. The molecule has 0 aromatic heterocycles. The fourth-order valence-electron chi connectivity index (χ4n) is 2.30. The topological polar surface area (TPSA) is 29.5 Å². The fraction of sp³-hybridized carbons (Fsp3) is 0.500. The molecule has 1 aliphatic rings. The van der Waals surface area contributed by atoms with Crippen LogP contribution >= 0.6 is 0 Å². The average Bonchev–Trinajstić information content (AvgIpc) is 2.42. The van der Waals surface area contributed by atoms with E-state index < -0.39 is 11.6 Å². The number of ether oxygens (including phenoxy) is 1. The summed E-state index contributed by atoms with van der Waals surface area (Å²) in [4.78, 5) is 13.8. The van der Waals surface area contributed by atoms with Gasteiger partial charge in [-0.2, -0.15) is 0 Å². The van der Waals surface area contributed by atoms with Crippen molar-refractivity contribution in [3.05, 3.63) is 35.4 Å². The van der Waals surface area contributed by atoms with Crippen molar-refractivity contribution in [1.29, 1.82) is 0 Å². The highest BCUT2D eigenvalue weighted by molar-refractivity contribution is 5.79. The molecule has 0 saturated carbocycles. The minimum atomic E-state index is -0.673. The van der Waals surface area contributed by atoms with Gasteiger partial charge in [-0.3, -0.25) is 4.79 Å². The summed E-state index contributed by atoms with van der Waals surface area (Å²) in [6, 6.07) is 3.29. The van der Waals surface area contributed by atoms with Crippen LogP contribution in [-0.2, 0) is 16.0 Å². The lowest BCUT2D eigenvalue weighted by Gasteiger charge is -2.32. The van der Waals surface area contributed by atoms with Gasteiger partial charge in [-0.25, -0.2) is 8.78 Å². The number of likely N-dealkylation sites (tertiary alicyclic amines) is 1. The van der Waals surface area contributed by atoms with Crippen LogP contribution in [0.5, 0.6) is 0 Å². The number of nitrogens with zero attached hydrogens (tertiary/aromatic N) is 1. The monoisotopic (exact) mass is 269 g/mol. The van der Waals surface area contributed by atoms with Crippen molar-refractivity contribution in [3.63, 3.8) is 0 Å². The van der Waals surface area contributed by atoms with Crippen molar-refractivity contribution in [1.82, 2.24) is 4.90 Å². The van der Waals surface area contributed by atoms with E-state index in [-0.39, 0.29) is 24.0 Å². The first-order valence-corrected chi connectivity index (χ1v) is 6.34. The summed E-state index contributed by atoms with van der Waals surface area (Å²) in [5.74, 6) is -1.45. The summed E-state index contributed by atoms with van der Waals surface area (Å²) < 4.78 is 31.5. The molecule has 2 rings (SSSR count). The number of benzene rings is 1. The molecule has 0 unspecified atom stereocenters. The van der Waals surface area contributed by atoms with Gasteiger partial charge >= 0.3 is 0 Å². The summed E-state index contributed by atoms with van der Waals surface area (Å²) in [7, 11) is 1.62. The smallest absolute Gasteiger partial charge is 0.227 e.